The van der Waals surface area contributed by atoms with E-state index in [4.69, 9.17) is 0 Å². The standard InChI is InChI=1S/C18H18BrNO/c19-16-9-10-17-15(13-16)8-11-18(21)20(17)12-4-7-14-5-2-1-3-6-14/h1-3,5-6,9-10,13H,4,7-8,11-12H2. The molecule has 0 saturated carbocycles. The Morgan fingerprint density at radius 1 is 1.05 bits per heavy atom. The van der Waals surface area contributed by atoms with Gasteiger partial charge in [-0.1, -0.05) is 46.3 Å². The highest BCUT2D eigenvalue weighted by atomic mass is 79.9. The van der Waals surface area contributed by atoms with E-state index in [0.29, 0.717) is 6.42 Å². The van der Waals surface area contributed by atoms with Gasteiger partial charge in [0.2, 0.25) is 5.91 Å². The van der Waals surface area contributed by atoms with Gasteiger partial charge in [-0.2, -0.15) is 0 Å². The fourth-order valence-electron chi connectivity index (χ4n) is 2.86. The minimum absolute atomic E-state index is 0.248. The third-order valence-electron chi connectivity index (χ3n) is 3.93. The molecule has 0 fully saturated rings. The van der Waals surface area contributed by atoms with Crippen molar-refractivity contribution in [1.82, 2.24) is 0 Å². The average Bonchev–Trinajstić information content (AvgIpc) is 2.50. The van der Waals surface area contributed by atoms with Gasteiger partial charge in [0.15, 0.2) is 0 Å². The first-order valence-electron chi connectivity index (χ1n) is 7.37. The first-order valence-corrected chi connectivity index (χ1v) is 8.16. The lowest BCUT2D eigenvalue weighted by Crippen LogP contribution is -2.36. The topological polar surface area (TPSA) is 20.3 Å². The molecule has 0 N–H and O–H groups in total. The van der Waals surface area contributed by atoms with Gasteiger partial charge in [0.05, 0.1) is 0 Å². The molecule has 1 aliphatic rings. The van der Waals surface area contributed by atoms with Gasteiger partial charge < -0.3 is 4.90 Å². The summed E-state index contributed by atoms with van der Waals surface area (Å²) in [6, 6.07) is 16.6. The van der Waals surface area contributed by atoms with Gasteiger partial charge in [0, 0.05) is 23.1 Å². The highest BCUT2D eigenvalue weighted by Gasteiger charge is 2.23. The van der Waals surface area contributed by atoms with Crippen molar-refractivity contribution in [2.75, 3.05) is 11.4 Å². The molecule has 0 atom stereocenters. The Labute approximate surface area is 133 Å². The zero-order valence-electron chi connectivity index (χ0n) is 11.9. The number of carbonyl (C=O) groups excluding carboxylic acids is 1. The molecule has 0 aliphatic carbocycles. The number of halogens is 1. The van der Waals surface area contributed by atoms with Crippen molar-refractivity contribution in [2.45, 2.75) is 25.7 Å². The number of amides is 1. The molecule has 108 valence electrons. The number of rotatable bonds is 4. The summed E-state index contributed by atoms with van der Waals surface area (Å²) >= 11 is 3.51. The van der Waals surface area contributed by atoms with E-state index in [1.807, 2.05) is 17.0 Å². The molecule has 0 unspecified atom stereocenters. The maximum absolute atomic E-state index is 12.2. The third-order valence-corrected chi connectivity index (χ3v) is 4.42. The van der Waals surface area contributed by atoms with Gasteiger partial charge in [0.1, 0.15) is 0 Å². The largest absolute Gasteiger partial charge is 0.312 e. The molecular formula is C18H18BrNO. The Bertz CT molecular complexity index is 639. The van der Waals surface area contributed by atoms with Crippen LogP contribution in [0, 0.1) is 0 Å². The molecule has 0 spiro atoms. The molecule has 21 heavy (non-hydrogen) atoms. The Morgan fingerprint density at radius 3 is 2.67 bits per heavy atom. The van der Waals surface area contributed by atoms with E-state index in [9.17, 15) is 4.79 Å². The van der Waals surface area contributed by atoms with Crippen LogP contribution < -0.4 is 4.90 Å². The zero-order valence-corrected chi connectivity index (χ0v) is 13.5. The summed E-state index contributed by atoms with van der Waals surface area (Å²) < 4.78 is 1.08. The third kappa shape index (κ3) is 3.35. The minimum Gasteiger partial charge on any atom is -0.312 e. The normalized spacial score (nSPS) is 14.1. The number of nitrogens with zero attached hydrogens (tertiary/aromatic N) is 1. The summed E-state index contributed by atoms with van der Waals surface area (Å²) in [6.45, 7) is 0.794. The summed E-state index contributed by atoms with van der Waals surface area (Å²) in [7, 11) is 0. The number of aryl methyl sites for hydroxylation is 2. The van der Waals surface area contributed by atoms with Crippen molar-refractivity contribution in [3.8, 4) is 0 Å². The second-order valence-corrected chi connectivity index (χ2v) is 6.32. The smallest absolute Gasteiger partial charge is 0.227 e. The number of hydrogen-bond acceptors (Lipinski definition) is 1. The lowest BCUT2D eigenvalue weighted by Gasteiger charge is -2.29. The number of anilines is 1. The monoisotopic (exact) mass is 343 g/mol. The Balaban J connectivity index is 1.69. The van der Waals surface area contributed by atoms with Crippen LogP contribution in [0.3, 0.4) is 0 Å². The van der Waals surface area contributed by atoms with E-state index >= 15 is 0 Å². The Hall–Kier alpha value is -1.61. The first kappa shape index (κ1) is 14.3. The average molecular weight is 344 g/mol. The second kappa shape index (κ2) is 6.44. The first-order chi connectivity index (χ1) is 10.2. The molecule has 1 heterocycles. The highest BCUT2D eigenvalue weighted by Crippen LogP contribution is 2.30. The van der Waals surface area contributed by atoms with Crippen LogP contribution in [-0.4, -0.2) is 12.5 Å². The molecular weight excluding hydrogens is 326 g/mol. The highest BCUT2D eigenvalue weighted by molar-refractivity contribution is 9.10. The quantitative estimate of drug-likeness (QED) is 0.807. The molecule has 2 nitrogen and oxygen atoms in total. The van der Waals surface area contributed by atoms with Crippen LogP contribution in [0.15, 0.2) is 53.0 Å². The molecule has 1 amide bonds. The second-order valence-electron chi connectivity index (χ2n) is 5.41. The fourth-order valence-corrected chi connectivity index (χ4v) is 3.27. The van der Waals surface area contributed by atoms with E-state index in [2.05, 4.69) is 52.3 Å². The number of benzene rings is 2. The minimum atomic E-state index is 0.248. The summed E-state index contributed by atoms with van der Waals surface area (Å²) in [4.78, 5) is 14.2. The van der Waals surface area contributed by atoms with Gasteiger partial charge in [-0.05, 0) is 48.6 Å². The van der Waals surface area contributed by atoms with Crippen LogP contribution in [-0.2, 0) is 17.6 Å². The van der Waals surface area contributed by atoms with Crippen molar-refractivity contribution in [3.05, 3.63) is 64.1 Å². The summed E-state index contributed by atoms with van der Waals surface area (Å²) in [5.41, 5.74) is 3.68. The van der Waals surface area contributed by atoms with Gasteiger partial charge in [-0.3, -0.25) is 4.79 Å². The zero-order chi connectivity index (χ0) is 14.7. The van der Waals surface area contributed by atoms with Crippen molar-refractivity contribution in [1.29, 1.82) is 0 Å². The molecule has 0 radical (unpaired) electrons. The van der Waals surface area contributed by atoms with E-state index in [0.717, 1.165) is 36.0 Å². The van der Waals surface area contributed by atoms with Crippen LogP contribution in [0.4, 0.5) is 5.69 Å². The molecule has 3 rings (SSSR count). The van der Waals surface area contributed by atoms with Crippen molar-refractivity contribution in [2.24, 2.45) is 0 Å². The summed E-state index contributed by atoms with van der Waals surface area (Å²) in [5.74, 6) is 0.248. The molecule has 0 saturated heterocycles. The lowest BCUT2D eigenvalue weighted by atomic mass is 10.0. The van der Waals surface area contributed by atoms with Crippen LogP contribution in [0.25, 0.3) is 0 Å². The molecule has 3 heteroatoms. The molecule has 0 bridgehead atoms. The molecule has 0 aromatic heterocycles. The van der Waals surface area contributed by atoms with Crippen LogP contribution in [0.2, 0.25) is 0 Å². The SMILES string of the molecule is O=C1CCc2cc(Br)ccc2N1CCCc1ccccc1. The lowest BCUT2D eigenvalue weighted by molar-refractivity contribution is -0.118. The predicted molar refractivity (Wildman–Crippen MR) is 89.6 cm³/mol. The van der Waals surface area contributed by atoms with Gasteiger partial charge in [-0.15, -0.1) is 0 Å². The van der Waals surface area contributed by atoms with Gasteiger partial charge in [-0.25, -0.2) is 0 Å². The summed E-state index contributed by atoms with van der Waals surface area (Å²) in [6.07, 6.45) is 3.47. The van der Waals surface area contributed by atoms with Crippen molar-refractivity contribution >= 4 is 27.5 Å². The fraction of sp³-hybridized carbons (Fsp3) is 0.278. The predicted octanol–water partition coefficient (Wildman–Crippen LogP) is 4.36. The number of fused-ring (bicyclic) bond motifs is 1. The molecule has 2 aromatic carbocycles. The van der Waals surface area contributed by atoms with Gasteiger partial charge in [0.25, 0.3) is 0 Å². The Morgan fingerprint density at radius 2 is 1.86 bits per heavy atom. The van der Waals surface area contributed by atoms with Crippen molar-refractivity contribution < 1.29 is 4.79 Å². The van der Waals surface area contributed by atoms with Crippen LogP contribution >= 0.6 is 15.9 Å². The maximum atomic E-state index is 12.2. The maximum Gasteiger partial charge on any atom is 0.227 e. The van der Waals surface area contributed by atoms with E-state index < -0.39 is 0 Å². The van der Waals surface area contributed by atoms with Crippen LogP contribution in [0.1, 0.15) is 24.0 Å². The number of carbonyl (C=O) groups is 1. The number of hydrogen-bond donors (Lipinski definition) is 0. The Kier molecular flexibility index (Phi) is 4.39. The van der Waals surface area contributed by atoms with Gasteiger partial charge >= 0.3 is 0 Å². The van der Waals surface area contributed by atoms with E-state index in [1.54, 1.807) is 0 Å². The van der Waals surface area contributed by atoms with E-state index in [1.165, 1.54) is 11.1 Å². The molecule has 1 aliphatic heterocycles. The van der Waals surface area contributed by atoms with Crippen molar-refractivity contribution in [3.63, 3.8) is 0 Å². The molecule has 2 aromatic rings. The van der Waals surface area contributed by atoms with Crippen LogP contribution in [0.5, 0.6) is 0 Å². The summed E-state index contributed by atoms with van der Waals surface area (Å²) in [5, 5.41) is 0. The van der Waals surface area contributed by atoms with E-state index in [-0.39, 0.29) is 5.91 Å².